The number of carbonyl (C=O) groups is 3. The zero-order valence-corrected chi connectivity index (χ0v) is 27.0. The lowest BCUT2D eigenvalue weighted by molar-refractivity contribution is -0.172. The van der Waals surface area contributed by atoms with E-state index in [1.807, 2.05) is 54.6 Å². The number of amides is 2. The van der Waals surface area contributed by atoms with Crippen LogP contribution in [0.15, 0.2) is 90.5 Å². The van der Waals surface area contributed by atoms with E-state index in [4.69, 9.17) is 14.2 Å². The summed E-state index contributed by atoms with van der Waals surface area (Å²) in [6.07, 6.45) is 1.21. The predicted octanol–water partition coefficient (Wildman–Crippen LogP) is 3.60. The fourth-order valence-electron chi connectivity index (χ4n) is 6.35. The van der Waals surface area contributed by atoms with Gasteiger partial charge in [0, 0.05) is 48.4 Å². The average molecular weight is 723 g/mol. The van der Waals surface area contributed by atoms with E-state index in [0.29, 0.717) is 24.0 Å². The number of fused-ring (bicyclic) bond motifs is 2. The molecule has 10 heteroatoms. The quantitative estimate of drug-likeness (QED) is 0.257. The summed E-state index contributed by atoms with van der Waals surface area (Å²) in [7, 11) is 1.59. The van der Waals surface area contributed by atoms with Gasteiger partial charge in [0.1, 0.15) is 24.4 Å². The van der Waals surface area contributed by atoms with E-state index in [1.165, 1.54) is 4.90 Å². The molecule has 0 radical (unpaired) electrons. The Bertz CT molecular complexity index is 1570. The van der Waals surface area contributed by atoms with Crippen LogP contribution in [0.2, 0.25) is 0 Å². The highest BCUT2D eigenvalue weighted by Gasteiger charge is 2.55. The summed E-state index contributed by atoms with van der Waals surface area (Å²) in [5.74, 6) is -2.18. The van der Waals surface area contributed by atoms with Crippen molar-refractivity contribution in [3.05, 3.63) is 116 Å². The van der Waals surface area contributed by atoms with Crippen LogP contribution in [-0.4, -0.2) is 78.1 Å². The summed E-state index contributed by atoms with van der Waals surface area (Å²) in [6.45, 7) is -0.142. The molecule has 9 nitrogen and oxygen atoms in total. The number of carbonyl (C=O) groups excluding carboxylic acids is 3. The van der Waals surface area contributed by atoms with Gasteiger partial charge in [0.25, 0.3) is 0 Å². The molecule has 1 spiro atoms. The Balaban J connectivity index is 1.28. The highest BCUT2D eigenvalue weighted by atomic mass is 127. The van der Waals surface area contributed by atoms with Gasteiger partial charge in [-0.15, -0.1) is 0 Å². The highest BCUT2D eigenvalue weighted by Crippen LogP contribution is 2.45. The SMILES string of the molecule is CN(C(=O)C1=CC2OC3(Cc4ccccc4C3)OC2C(OC(=O)c2ccc(I)cc2)C1)C(Cc1ccccc1)C(=O)NCCO. The number of hydrogen-bond acceptors (Lipinski definition) is 7. The van der Waals surface area contributed by atoms with Crippen LogP contribution >= 0.6 is 22.6 Å². The molecule has 3 aromatic rings. The lowest BCUT2D eigenvalue weighted by Crippen LogP contribution is -2.51. The third-order valence-electron chi connectivity index (χ3n) is 8.60. The molecule has 3 aromatic carbocycles. The molecule has 1 fully saturated rings. The van der Waals surface area contributed by atoms with Gasteiger partial charge >= 0.3 is 5.97 Å². The van der Waals surface area contributed by atoms with Crippen molar-refractivity contribution < 1.29 is 33.7 Å². The van der Waals surface area contributed by atoms with Crippen molar-refractivity contribution in [1.29, 1.82) is 0 Å². The molecule has 1 saturated heterocycles. The zero-order chi connectivity index (χ0) is 31.6. The van der Waals surface area contributed by atoms with Gasteiger partial charge in [-0.3, -0.25) is 9.59 Å². The molecule has 2 aliphatic carbocycles. The summed E-state index contributed by atoms with van der Waals surface area (Å²) in [5, 5.41) is 12.0. The standard InChI is InChI=1S/C35H35IN2O7/c1-38(28(32(40)37-15-16-39)17-22-7-3-2-4-8-22)33(41)26-18-29(43-34(42)23-11-13-27(36)14-12-23)31-30(19-26)44-35(45-31)20-24-9-5-6-10-25(24)21-35/h2-14,19,28-31,39H,15-18,20-21H2,1H3,(H,37,40). The molecule has 1 aliphatic heterocycles. The van der Waals surface area contributed by atoms with Gasteiger partial charge in [0.05, 0.1) is 12.2 Å². The number of aliphatic hydroxyl groups excluding tert-OH is 1. The van der Waals surface area contributed by atoms with Gasteiger partial charge in [0.15, 0.2) is 5.79 Å². The van der Waals surface area contributed by atoms with Gasteiger partial charge in [-0.05, 0) is 69.6 Å². The first kappa shape index (κ1) is 31.4. The van der Waals surface area contributed by atoms with E-state index < -0.39 is 36.1 Å². The van der Waals surface area contributed by atoms with Crippen molar-refractivity contribution in [3.63, 3.8) is 0 Å². The number of rotatable bonds is 9. The number of benzene rings is 3. The summed E-state index contributed by atoms with van der Waals surface area (Å²) in [4.78, 5) is 42.1. The number of ether oxygens (including phenoxy) is 3. The molecule has 2 amide bonds. The molecular formula is C35H35IN2O7. The first-order valence-corrected chi connectivity index (χ1v) is 16.1. The molecule has 45 heavy (non-hydrogen) atoms. The van der Waals surface area contributed by atoms with Gasteiger partial charge in [-0.25, -0.2) is 4.79 Å². The predicted molar refractivity (Wildman–Crippen MR) is 174 cm³/mol. The Morgan fingerprint density at radius 2 is 1.67 bits per heavy atom. The minimum Gasteiger partial charge on any atom is -0.456 e. The fraction of sp³-hybridized carbons (Fsp3) is 0.343. The van der Waals surface area contributed by atoms with E-state index in [2.05, 4.69) is 40.0 Å². The Morgan fingerprint density at radius 1 is 1.00 bits per heavy atom. The van der Waals surface area contributed by atoms with Gasteiger partial charge < -0.3 is 29.5 Å². The van der Waals surface area contributed by atoms with Crippen LogP contribution in [0.25, 0.3) is 0 Å². The van der Waals surface area contributed by atoms with E-state index >= 15 is 0 Å². The van der Waals surface area contributed by atoms with Gasteiger partial charge in [-0.2, -0.15) is 0 Å². The summed E-state index contributed by atoms with van der Waals surface area (Å²) < 4.78 is 20.2. The number of likely N-dealkylation sites (N-methyl/N-ethyl adjacent to an activating group) is 1. The normalized spacial score (nSPS) is 21.8. The Hall–Kier alpha value is -3.58. The van der Waals surface area contributed by atoms with Crippen molar-refractivity contribution in [2.24, 2.45) is 0 Å². The molecule has 0 saturated carbocycles. The number of aliphatic hydroxyl groups is 1. The molecule has 2 N–H and O–H groups in total. The maximum atomic E-state index is 14.1. The summed E-state index contributed by atoms with van der Waals surface area (Å²) in [5.41, 5.74) is 3.95. The number of halogens is 1. The second-order valence-electron chi connectivity index (χ2n) is 11.7. The van der Waals surface area contributed by atoms with E-state index in [0.717, 1.165) is 20.3 Å². The molecule has 3 aliphatic rings. The Labute approximate surface area is 275 Å². The van der Waals surface area contributed by atoms with Crippen LogP contribution in [0.3, 0.4) is 0 Å². The largest absolute Gasteiger partial charge is 0.456 e. The van der Waals surface area contributed by atoms with Crippen LogP contribution in [0.1, 0.15) is 33.5 Å². The average Bonchev–Trinajstić information content (AvgIpc) is 3.60. The number of nitrogens with one attached hydrogen (secondary N) is 1. The van der Waals surface area contributed by atoms with Crippen molar-refractivity contribution in [1.82, 2.24) is 10.2 Å². The van der Waals surface area contributed by atoms with E-state index in [-0.39, 0.29) is 37.8 Å². The number of esters is 1. The summed E-state index contributed by atoms with van der Waals surface area (Å²) >= 11 is 2.17. The van der Waals surface area contributed by atoms with Crippen molar-refractivity contribution in [2.75, 3.05) is 20.2 Å². The number of nitrogens with zero attached hydrogens (tertiary/aromatic N) is 1. The lowest BCUT2D eigenvalue weighted by Gasteiger charge is -2.33. The smallest absolute Gasteiger partial charge is 0.338 e. The van der Waals surface area contributed by atoms with Crippen molar-refractivity contribution in [2.45, 2.75) is 55.8 Å². The molecule has 0 bridgehead atoms. The second-order valence-corrected chi connectivity index (χ2v) is 12.9. The van der Waals surface area contributed by atoms with Crippen molar-refractivity contribution >= 4 is 40.4 Å². The molecule has 0 aromatic heterocycles. The minimum atomic E-state index is -0.923. The second kappa shape index (κ2) is 13.4. The topological polar surface area (TPSA) is 114 Å². The molecule has 234 valence electrons. The molecule has 6 rings (SSSR count). The van der Waals surface area contributed by atoms with E-state index in [1.54, 1.807) is 25.3 Å². The molecule has 1 heterocycles. The van der Waals surface area contributed by atoms with Gasteiger partial charge in [0.2, 0.25) is 11.8 Å². The molecule has 4 unspecified atom stereocenters. The lowest BCUT2D eigenvalue weighted by atomic mass is 9.90. The van der Waals surface area contributed by atoms with Crippen molar-refractivity contribution in [3.8, 4) is 0 Å². The van der Waals surface area contributed by atoms with Crippen LogP contribution < -0.4 is 5.32 Å². The first-order chi connectivity index (χ1) is 21.7. The zero-order valence-electron chi connectivity index (χ0n) is 24.9. The first-order valence-electron chi connectivity index (χ1n) is 15.0. The molecular weight excluding hydrogens is 687 g/mol. The monoisotopic (exact) mass is 722 g/mol. The maximum Gasteiger partial charge on any atom is 0.338 e. The third-order valence-corrected chi connectivity index (χ3v) is 9.32. The Kier molecular flexibility index (Phi) is 9.36. The number of hydrogen-bond donors (Lipinski definition) is 2. The summed E-state index contributed by atoms with van der Waals surface area (Å²) in [6, 6.07) is 23.8. The van der Waals surface area contributed by atoms with Crippen LogP contribution in [-0.2, 0) is 43.1 Å². The van der Waals surface area contributed by atoms with Gasteiger partial charge in [-0.1, -0.05) is 54.6 Å². The third kappa shape index (κ3) is 6.84. The van der Waals surface area contributed by atoms with E-state index in [9.17, 15) is 19.5 Å². The Morgan fingerprint density at radius 3 is 2.33 bits per heavy atom. The molecule has 4 atom stereocenters. The highest BCUT2D eigenvalue weighted by molar-refractivity contribution is 14.1. The maximum absolute atomic E-state index is 14.1. The van der Waals surface area contributed by atoms with Crippen LogP contribution in [0.4, 0.5) is 0 Å². The fourth-order valence-corrected chi connectivity index (χ4v) is 6.71. The van der Waals surface area contributed by atoms with Crippen LogP contribution in [0.5, 0.6) is 0 Å². The van der Waals surface area contributed by atoms with Crippen LogP contribution in [0, 0.1) is 3.57 Å². The minimum absolute atomic E-state index is 0.0742.